The third-order valence-electron chi connectivity index (χ3n) is 7.18. The molecule has 0 heterocycles. The predicted octanol–water partition coefficient (Wildman–Crippen LogP) is 8.91. The van der Waals surface area contributed by atoms with Gasteiger partial charge in [0.1, 0.15) is 0 Å². The Bertz CT molecular complexity index is 858. The molecule has 3 aromatic rings. The summed E-state index contributed by atoms with van der Waals surface area (Å²) in [4.78, 5) is 0. The van der Waals surface area contributed by atoms with Crippen molar-refractivity contribution < 1.29 is 14.2 Å². The van der Waals surface area contributed by atoms with E-state index in [9.17, 15) is 0 Å². The molecule has 0 atom stereocenters. The van der Waals surface area contributed by atoms with Crippen molar-refractivity contribution in [1.29, 1.82) is 0 Å². The molecule has 0 aliphatic heterocycles. The van der Waals surface area contributed by atoms with Gasteiger partial charge in [0.2, 0.25) is 0 Å². The van der Waals surface area contributed by atoms with Crippen LogP contribution >= 0.6 is 0 Å². The van der Waals surface area contributed by atoms with Crippen LogP contribution in [0.1, 0.15) is 88.8 Å². The van der Waals surface area contributed by atoms with Crippen LogP contribution in [-0.4, -0.2) is 25.8 Å². The van der Waals surface area contributed by atoms with Crippen LogP contribution in [0, 0.1) is 0 Å². The summed E-state index contributed by atoms with van der Waals surface area (Å²) in [6.45, 7) is 7.75. The van der Waals surface area contributed by atoms with E-state index >= 15 is 0 Å². The molecule has 3 aromatic carbocycles. The molecule has 0 aromatic heterocycles. The second kappa shape index (κ2) is 15.7. The Labute approximate surface area is 225 Å². The zero-order valence-electron chi connectivity index (χ0n) is 23.2. The molecule has 0 radical (unpaired) electrons. The molecule has 0 amide bonds. The minimum atomic E-state index is -0.876. The molecule has 0 saturated carbocycles. The molecule has 3 rings (SSSR count). The van der Waals surface area contributed by atoms with Crippen LogP contribution in [0.2, 0.25) is 0 Å². The molecule has 3 nitrogen and oxygen atoms in total. The van der Waals surface area contributed by atoms with E-state index in [1.165, 1.54) is 42.4 Å². The average Bonchev–Trinajstić information content (AvgIpc) is 2.94. The van der Waals surface area contributed by atoms with Gasteiger partial charge in [0.15, 0.2) is 0 Å². The Kier molecular flexibility index (Phi) is 12.4. The molecular formula is C34H46O3. The van der Waals surface area contributed by atoms with Crippen molar-refractivity contribution in [3.8, 4) is 0 Å². The Morgan fingerprint density at radius 3 is 1.11 bits per heavy atom. The number of hydrogen-bond donors (Lipinski definition) is 0. The summed E-state index contributed by atoms with van der Waals surface area (Å²) in [5, 5.41) is 0. The molecule has 0 aliphatic carbocycles. The largest absolute Gasteiger partial charge is 0.328 e. The van der Waals surface area contributed by atoms with Gasteiger partial charge in [0, 0.05) is 31.7 Å². The first-order valence-electron chi connectivity index (χ1n) is 14.3. The average molecular weight is 503 g/mol. The summed E-state index contributed by atoms with van der Waals surface area (Å²) in [7, 11) is 0. The van der Waals surface area contributed by atoms with E-state index in [-0.39, 0.29) is 5.41 Å². The standard InChI is InChI=1S/C34H46O3/c1-4-35-34(36-5-2,37-6-3)29-21-10-8-7-9-20-28-33(30-22-14-11-15-23-30,31-24-16-12-17-25-31)32-26-18-13-19-27-32/h11-19,22-27H,4-10,20-21,28-29H2,1-3H3. The Hall–Kier alpha value is -2.46. The first kappa shape index (κ1) is 29.1. The number of ether oxygens (including phenoxy) is 3. The molecule has 3 heteroatoms. The highest BCUT2D eigenvalue weighted by atomic mass is 16.9. The van der Waals surface area contributed by atoms with Crippen molar-refractivity contribution in [2.75, 3.05) is 19.8 Å². The van der Waals surface area contributed by atoms with E-state index < -0.39 is 5.97 Å². The van der Waals surface area contributed by atoms with Gasteiger partial charge in [-0.1, -0.05) is 123 Å². The normalized spacial score (nSPS) is 12.1. The second-order valence-corrected chi connectivity index (χ2v) is 9.61. The van der Waals surface area contributed by atoms with E-state index in [1.54, 1.807) is 0 Å². The highest BCUT2D eigenvalue weighted by Gasteiger charge is 2.35. The van der Waals surface area contributed by atoms with Gasteiger partial charge >= 0.3 is 0 Å². The zero-order valence-corrected chi connectivity index (χ0v) is 23.2. The summed E-state index contributed by atoms with van der Waals surface area (Å²) in [6, 6.07) is 33.1. The number of benzene rings is 3. The highest BCUT2D eigenvalue weighted by molar-refractivity contribution is 5.50. The van der Waals surface area contributed by atoms with E-state index in [2.05, 4.69) is 91.0 Å². The number of hydrogen-bond acceptors (Lipinski definition) is 3. The van der Waals surface area contributed by atoms with Gasteiger partial charge in [-0.15, -0.1) is 0 Å². The molecule has 0 fully saturated rings. The molecule has 0 unspecified atom stereocenters. The molecule has 0 spiro atoms. The fraction of sp³-hybridized carbons (Fsp3) is 0.471. The summed E-state index contributed by atoms with van der Waals surface area (Å²) in [5.41, 5.74) is 3.96. The molecule has 0 N–H and O–H groups in total. The molecule has 0 aliphatic rings. The van der Waals surface area contributed by atoms with E-state index in [0.29, 0.717) is 19.8 Å². The van der Waals surface area contributed by atoms with Crippen molar-refractivity contribution in [3.63, 3.8) is 0 Å². The molecule has 200 valence electrons. The lowest BCUT2D eigenvalue weighted by atomic mass is 9.66. The van der Waals surface area contributed by atoms with Crippen molar-refractivity contribution in [1.82, 2.24) is 0 Å². The number of rotatable bonds is 18. The van der Waals surface area contributed by atoms with Gasteiger partial charge in [-0.25, -0.2) is 0 Å². The zero-order chi connectivity index (χ0) is 26.2. The Morgan fingerprint density at radius 1 is 0.432 bits per heavy atom. The van der Waals surface area contributed by atoms with Crippen LogP contribution in [0.15, 0.2) is 91.0 Å². The molecule has 37 heavy (non-hydrogen) atoms. The number of unbranched alkanes of at least 4 members (excludes halogenated alkanes) is 5. The second-order valence-electron chi connectivity index (χ2n) is 9.61. The fourth-order valence-corrected chi connectivity index (χ4v) is 5.54. The van der Waals surface area contributed by atoms with E-state index in [0.717, 1.165) is 25.7 Å². The SMILES string of the molecule is CCOC(CCCCCCCCC(c1ccccc1)(c1ccccc1)c1ccccc1)(OCC)OCC. The van der Waals surface area contributed by atoms with Crippen LogP contribution in [0.25, 0.3) is 0 Å². The third-order valence-corrected chi connectivity index (χ3v) is 7.18. The van der Waals surface area contributed by atoms with Crippen LogP contribution < -0.4 is 0 Å². The van der Waals surface area contributed by atoms with Crippen LogP contribution in [0.5, 0.6) is 0 Å². The van der Waals surface area contributed by atoms with Crippen molar-refractivity contribution in [3.05, 3.63) is 108 Å². The third kappa shape index (κ3) is 8.01. The lowest BCUT2D eigenvalue weighted by Crippen LogP contribution is -2.39. The van der Waals surface area contributed by atoms with E-state index in [1.807, 2.05) is 20.8 Å². The van der Waals surface area contributed by atoms with Crippen molar-refractivity contribution in [2.24, 2.45) is 0 Å². The summed E-state index contributed by atoms with van der Waals surface area (Å²) in [5.74, 6) is -0.876. The minimum absolute atomic E-state index is 0.143. The predicted molar refractivity (Wildman–Crippen MR) is 154 cm³/mol. The first-order valence-corrected chi connectivity index (χ1v) is 14.3. The lowest BCUT2D eigenvalue weighted by molar-refractivity contribution is -0.380. The van der Waals surface area contributed by atoms with Gasteiger partial charge in [0.25, 0.3) is 5.97 Å². The van der Waals surface area contributed by atoms with Gasteiger partial charge in [-0.3, -0.25) is 0 Å². The maximum absolute atomic E-state index is 5.87. The van der Waals surface area contributed by atoms with Crippen molar-refractivity contribution >= 4 is 0 Å². The quantitative estimate of drug-likeness (QED) is 0.0987. The molecular weight excluding hydrogens is 456 g/mol. The van der Waals surface area contributed by atoms with Gasteiger partial charge < -0.3 is 14.2 Å². The topological polar surface area (TPSA) is 27.7 Å². The maximum atomic E-state index is 5.87. The molecule has 0 bridgehead atoms. The maximum Gasteiger partial charge on any atom is 0.282 e. The van der Waals surface area contributed by atoms with E-state index in [4.69, 9.17) is 14.2 Å². The fourth-order valence-electron chi connectivity index (χ4n) is 5.54. The minimum Gasteiger partial charge on any atom is -0.328 e. The molecule has 0 saturated heterocycles. The van der Waals surface area contributed by atoms with Crippen LogP contribution in [0.3, 0.4) is 0 Å². The lowest BCUT2D eigenvalue weighted by Gasteiger charge is -2.36. The Morgan fingerprint density at radius 2 is 0.757 bits per heavy atom. The summed E-state index contributed by atoms with van der Waals surface area (Å²) >= 11 is 0. The van der Waals surface area contributed by atoms with Gasteiger partial charge in [-0.05, 0) is 50.3 Å². The highest BCUT2D eigenvalue weighted by Crippen LogP contribution is 2.43. The Balaban J connectivity index is 1.62. The monoisotopic (exact) mass is 502 g/mol. The van der Waals surface area contributed by atoms with Crippen molar-refractivity contribution in [2.45, 2.75) is 83.5 Å². The first-order chi connectivity index (χ1) is 18.2. The van der Waals surface area contributed by atoms with Gasteiger partial charge in [-0.2, -0.15) is 0 Å². The van der Waals surface area contributed by atoms with Crippen LogP contribution in [0.4, 0.5) is 0 Å². The smallest absolute Gasteiger partial charge is 0.282 e. The summed E-state index contributed by atoms with van der Waals surface area (Å²) < 4.78 is 17.6. The van der Waals surface area contributed by atoms with Crippen LogP contribution in [-0.2, 0) is 19.6 Å². The summed E-state index contributed by atoms with van der Waals surface area (Å²) in [6.07, 6.45) is 8.93. The van der Waals surface area contributed by atoms with Gasteiger partial charge in [0.05, 0.1) is 0 Å².